The van der Waals surface area contributed by atoms with Crippen LogP contribution in [0.5, 0.6) is 0 Å². The molecule has 1 amide bonds. The van der Waals surface area contributed by atoms with E-state index >= 15 is 0 Å². The lowest BCUT2D eigenvalue weighted by Crippen LogP contribution is -2.55. The molecule has 1 saturated heterocycles. The minimum Gasteiger partial charge on any atom is -0.477 e. The van der Waals surface area contributed by atoms with Crippen LogP contribution in [0.1, 0.15) is 39.2 Å². The number of hydrogen-bond donors (Lipinski definition) is 3. The number of hydrogen-bond acceptors (Lipinski definition) is 6. The molecule has 2 atom stereocenters. The van der Waals surface area contributed by atoms with Gasteiger partial charge in [0.25, 0.3) is 5.91 Å². The molecule has 2 aromatic rings. The van der Waals surface area contributed by atoms with Gasteiger partial charge in [-0.15, -0.1) is 0 Å². The number of nitrogens with one attached hydrogen (secondary N) is 2. The van der Waals surface area contributed by atoms with Gasteiger partial charge in [0.2, 0.25) is 0 Å². The number of aromatic amines is 1. The van der Waals surface area contributed by atoms with Crippen LogP contribution < -0.4 is 10.2 Å². The van der Waals surface area contributed by atoms with Crippen molar-refractivity contribution in [1.82, 2.24) is 15.3 Å². The van der Waals surface area contributed by atoms with Gasteiger partial charge in [0.1, 0.15) is 10.6 Å². The van der Waals surface area contributed by atoms with Crippen molar-refractivity contribution in [2.45, 2.75) is 32.4 Å². The Kier molecular flexibility index (Phi) is 6.49. The molecule has 0 aliphatic carbocycles. The second-order valence-electron chi connectivity index (χ2n) is 6.37. The van der Waals surface area contributed by atoms with E-state index in [0.29, 0.717) is 42.0 Å². The number of nitrogens with zero attached hydrogens (tertiary/aromatic N) is 2. The number of rotatable bonds is 6. The Hall–Kier alpha value is -1.81. The number of aromatic nitrogens is 2. The number of aryl methyl sites for hydroxylation is 1. The van der Waals surface area contributed by atoms with Crippen LogP contribution in [0.4, 0.5) is 5.13 Å². The molecule has 8 nitrogen and oxygen atoms in total. The van der Waals surface area contributed by atoms with Crippen molar-refractivity contribution in [1.29, 1.82) is 0 Å². The summed E-state index contributed by atoms with van der Waals surface area (Å²) in [7, 11) is 0. The maximum absolute atomic E-state index is 12.6. The summed E-state index contributed by atoms with van der Waals surface area (Å²) < 4.78 is 5.83. The minimum absolute atomic E-state index is 0.187. The molecular formula is C17H20Cl2N4O4S. The number of thiazole rings is 1. The Morgan fingerprint density at radius 2 is 2.21 bits per heavy atom. The van der Waals surface area contributed by atoms with Crippen molar-refractivity contribution < 1.29 is 19.4 Å². The summed E-state index contributed by atoms with van der Waals surface area (Å²) >= 11 is 13.3. The number of carboxylic acids is 1. The second kappa shape index (κ2) is 8.69. The van der Waals surface area contributed by atoms with Gasteiger partial charge >= 0.3 is 5.97 Å². The number of aromatic carboxylic acids is 1. The number of halogens is 2. The molecular weight excluding hydrogens is 427 g/mol. The Morgan fingerprint density at radius 1 is 1.46 bits per heavy atom. The van der Waals surface area contributed by atoms with Gasteiger partial charge in [-0.2, -0.15) is 0 Å². The molecule has 3 N–H and O–H groups in total. The molecule has 2 unspecified atom stereocenters. The molecule has 0 bridgehead atoms. The van der Waals surface area contributed by atoms with E-state index in [4.69, 9.17) is 33.0 Å². The topological polar surface area (TPSA) is 108 Å². The molecule has 1 fully saturated rings. The normalized spacial score (nSPS) is 19.6. The van der Waals surface area contributed by atoms with Crippen molar-refractivity contribution in [2.75, 3.05) is 24.6 Å². The summed E-state index contributed by atoms with van der Waals surface area (Å²) in [6.45, 7) is 5.21. The third-order valence-electron chi connectivity index (χ3n) is 4.51. The summed E-state index contributed by atoms with van der Waals surface area (Å²) in [6, 6.07) is -0.221. The van der Waals surface area contributed by atoms with Gasteiger partial charge in [0.15, 0.2) is 5.13 Å². The van der Waals surface area contributed by atoms with Crippen LogP contribution in [-0.4, -0.2) is 58.8 Å². The highest BCUT2D eigenvalue weighted by molar-refractivity contribution is 7.17. The van der Waals surface area contributed by atoms with Crippen molar-refractivity contribution in [3.8, 4) is 0 Å². The van der Waals surface area contributed by atoms with Gasteiger partial charge in [0.05, 0.1) is 28.4 Å². The molecule has 1 aliphatic rings. The van der Waals surface area contributed by atoms with Gasteiger partial charge in [-0.25, -0.2) is 9.78 Å². The molecule has 0 radical (unpaired) electrons. The molecule has 1 aliphatic heterocycles. The maximum Gasteiger partial charge on any atom is 0.347 e. The fraction of sp³-hybridized carbons (Fsp3) is 0.471. The number of carboxylic acid groups (broad SMARTS) is 1. The van der Waals surface area contributed by atoms with Crippen molar-refractivity contribution in [2.24, 2.45) is 0 Å². The predicted octanol–water partition coefficient (Wildman–Crippen LogP) is 3.20. The van der Waals surface area contributed by atoms with Gasteiger partial charge in [-0.05, 0) is 20.3 Å². The molecule has 3 rings (SSSR count). The minimum atomic E-state index is -0.996. The van der Waals surface area contributed by atoms with E-state index in [-0.39, 0.29) is 33.6 Å². The number of anilines is 1. The first-order valence-corrected chi connectivity index (χ1v) is 10.3. The molecule has 2 aromatic heterocycles. The lowest BCUT2D eigenvalue weighted by molar-refractivity contribution is 0.0272. The number of amides is 1. The number of piperidine rings is 1. The van der Waals surface area contributed by atoms with Gasteiger partial charge in [0, 0.05) is 25.4 Å². The first kappa shape index (κ1) is 20.9. The standard InChI is InChI=1S/C17H20Cl2N4O4S/c1-3-27-10-7-23(17-20-6-11(28-17)16(25)26)5-4-9(10)22-15(24)14-13(19)12(18)8(2)21-14/h6,9-10,21H,3-5,7H2,1-2H3,(H,22,24)(H,25,26). The SMILES string of the molecule is CCOC1CN(c2ncc(C(=O)O)s2)CCC1NC(=O)c1[nH]c(C)c(Cl)c1Cl. The van der Waals surface area contributed by atoms with Crippen LogP contribution in [0, 0.1) is 6.92 Å². The first-order chi connectivity index (χ1) is 13.3. The van der Waals surface area contributed by atoms with E-state index in [1.807, 2.05) is 11.8 Å². The van der Waals surface area contributed by atoms with Gasteiger partial charge in [-0.3, -0.25) is 4.79 Å². The van der Waals surface area contributed by atoms with Crippen molar-refractivity contribution in [3.05, 3.63) is 32.5 Å². The zero-order chi connectivity index (χ0) is 20.4. The van der Waals surface area contributed by atoms with Crippen LogP contribution in [0.3, 0.4) is 0 Å². The fourth-order valence-electron chi connectivity index (χ4n) is 3.12. The zero-order valence-corrected chi connectivity index (χ0v) is 17.6. The second-order valence-corrected chi connectivity index (χ2v) is 8.14. The van der Waals surface area contributed by atoms with E-state index in [0.717, 1.165) is 11.3 Å². The largest absolute Gasteiger partial charge is 0.477 e. The highest BCUT2D eigenvalue weighted by Crippen LogP contribution is 2.30. The Bertz CT molecular complexity index is 885. The molecule has 152 valence electrons. The average Bonchev–Trinajstić information content (AvgIpc) is 3.25. The molecule has 0 spiro atoms. The Morgan fingerprint density at radius 3 is 2.79 bits per heavy atom. The summed E-state index contributed by atoms with van der Waals surface area (Å²) in [6.07, 6.45) is 1.69. The summed E-state index contributed by atoms with van der Waals surface area (Å²) in [4.78, 5) is 33.0. The number of carbonyl (C=O) groups is 2. The number of carbonyl (C=O) groups excluding carboxylic acids is 1. The van der Waals surface area contributed by atoms with Gasteiger partial charge < -0.3 is 25.0 Å². The number of H-pyrrole nitrogens is 1. The smallest absolute Gasteiger partial charge is 0.347 e. The highest BCUT2D eigenvalue weighted by Gasteiger charge is 2.33. The van der Waals surface area contributed by atoms with Crippen LogP contribution in [0.15, 0.2) is 6.20 Å². The van der Waals surface area contributed by atoms with Crippen LogP contribution in [-0.2, 0) is 4.74 Å². The average molecular weight is 447 g/mol. The molecule has 28 heavy (non-hydrogen) atoms. The number of ether oxygens (including phenoxy) is 1. The molecule has 3 heterocycles. The van der Waals surface area contributed by atoms with E-state index in [1.165, 1.54) is 6.20 Å². The monoisotopic (exact) mass is 446 g/mol. The van der Waals surface area contributed by atoms with E-state index < -0.39 is 5.97 Å². The zero-order valence-electron chi connectivity index (χ0n) is 15.3. The van der Waals surface area contributed by atoms with Crippen LogP contribution in [0.2, 0.25) is 10.0 Å². The van der Waals surface area contributed by atoms with Crippen molar-refractivity contribution >= 4 is 51.5 Å². The quantitative estimate of drug-likeness (QED) is 0.628. The maximum atomic E-state index is 12.6. The third-order valence-corrected chi connectivity index (χ3v) is 6.51. The van der Waals surface area contributed by atoms with E-state index in [2.05, 4.69) is 15.3 Å². The summed E-state index contributed by atoms with van der Waals surface area (Å²) in [5.74, 6) is -1.34. The Balaban J connectivity index is 1.71. The molecule has 0 saturated carbocycles. The lowest BCUT2D eigenvalue weighted by Gasteiger charge is -2.38. The van der Waals surface area contributed by atoms with Crippen LogP contribution >= 0.6 is 34.5 Å². The third kappa shape index (κ3) is 4.27. The first-order valence-electron chi connectivity index (χ1n) is 8.71. The van der Waals surface area contributed by atoms with Crippen LogP contribution in [0.25, 0.3) is 0 Å². The summed E-state index contributed by atoms with van der Waals surface area (Å²) in [5, 5.41) is 13.2. The Labute approximate surface area is 175 Å². The molecule has 11 heteroatoms. The highest BCUT2D eigenvalue weighted by atomic mass is 35.5. The predicted molar refractivity (Wildman–Crippen MR) is 108 cm³/mol. The fourth-order valence-corrected chi connectivity index (χ4v) is 4.32. The summed E-state index contributed by atoms with van der Waals surface area (Å²) in [5.41, 5.74) is 0.860. The van der Waals surface area contributed by atoms with Gasteiger partial charge in [-0.1, -0.05) is 34.5 Å². The van der Waals surface area contributed by atoms with E-state index in [9.17, 15) is 9.59 Å². The van der Waals surface area contributed by atoms with Crippen molar-refractivity contribution in [3.63, 3.8) is 0 Å². The van der Waals surface area contributed by atoms with E-state index in [1.54, 1.807) is 6.92 Å². The molecule has 0 aromatic carbocycles. The lowest BCUT2D eigenvalue weighted by atomic mass is 10.0.